The molecule has 0 aliphatic carbocycles. The van der Waals surface area contributed by atoms with Gasteiger partial charge in [0.2, 0.25) is 5.90 Å². The van der Waals surface area contributed by atoms with Crippen LogP contribution < -0.4 is 15.0 Å². The number of aliphatic hydroxyl groups excluding tert-OH is 1. The van der Waals surface area contributed by atoms with Crippen LogP contribution in [0.15, 0.2) is 113 Å². The van der Waals surface area contributed by atoms with Crippen molar-refractivity contribution < 1.29 is 19.4 Å². The number of aliphatic hydroxyl groups is 1. The van der Waals surface area contributed by atoms with Crippen molar-refractivity contribution in [2.24, 2.45) is 10.1 Å². The van der Waals surface area contributed by atoms with Gasteiger partial charge in [0.25, 0.3) is 5.91 Å². The first kappa shape index (κ1) is 31.1. The molecule has 230 valence electrons. The highest BCUT2D eigenvalue weighted by Crippen LogP contribution is 2.43. The molecule has 0 spiro atoms. The molecule has 4 aromatic rings. The number of carbonyl (C=O) groups excluding carboxylic acids is 1. The van der Waals surface area contributed by atoms with E-state index in [0.29, 0.717) is 48.0 Å². The minimum atomic E-state index is -1.43. The van der Waals surface area contributed by atoms with Crippen LogP contribution in [-0.2, 0) is 22.5 Å². The molecular formula is C35H36N6O4. The fourth-order valence-electron chi connectivity index (χ4n) is 5.25. The summed E-state index contributed by atoms with van der Waals surface area (Å²) < 4.78 is 12.3. The molecule has 0 fully saturated rings. The summed E-state index contributed by atoms with van der Waals surface area (Å²) in [6.45, 7) is 0.742. The van der Waals surface area contributed by atoms with Crippen LogP contribution in [0.25, 0.3) is 10.4 Å². The number of ether oxygens (including phenoxy) is 2. The van der Waals surface area contributed by atoms with Gasteiger partial charge in [-0.05, 0) is 58.6 Å². The predicted octanol–water partition coefficient (Wildman–Crippen LogP) is 6.27. The van der Waals surface area contributed by atoms with Crippen LogP contribution >= 0.6 is 0 Å². The van der Waals surface area contributed by atoms with Crippen molar-refractivity contribution in [3.05, 3.63) is 136 Å². The Hall–Kier alpha value is -5.31. The Morgan fingerprint density at radius 1 is 1.02 bits per heavy atom. The molecule has 0 saturated heterocycles. The fraction of sp³-hybridized carbons (Fsp3) is 0.257. The van der Waals surface area contributed by atoms with Gasteiger partial charge < -0.3 is 24.8 Å². The number of aliphatic imine (C=N–C) groups is 1. The molecule has 0 unspecified atom stereocenters. The molecule has 1 aliphatic heterocycles. The highest BCUT2D eigenvalue weighted by Gasteiger charge is 2.53. The molecule has 4 aromatic carbocycles. The quantitative estimate of drug-likeness (QED) is 0.0803. The van der Waals surface area contributed by atoms with E-state index in [4.69, 9.17) is 19.6 Å². The number of nitrogens with zero attached hydrogens (tertiary/aromatic N) is 5. The number of nitrogens with one attached hydrogen (secondary N) is 1. The van der Waals surface area contributed by atoms with Crippen LogP contribution in [0.4, 0.5) is 11.4 Å². The number of anilines is 1. The molecule has 1 aliphatic rings. The van der Waals surface area contributed by atoms with E-state index >= 15 is 0 Å². The highest BCUT2D eigenvalue weighted by atomic mass is 16.5. The summed E-state index contributed by atoms with van der Waals surface area (Å²) >= 11 is 0. The lowest BCUT2D eigenvalue weighted by Crippen LogP contribution is -2.49. The largest absolute Gasteiger partial charge is 0.494 e. The Bertz CT molecular complexity index is 1670. The second-order valence-electron chi connectivity index (χ2n) is 10.9. The number of azide groups is 1. The van der Waals surface area contributed by atoms with Crippen molar-refractivity contribution in [3.8, 4) is 5.75 Å². The summed E-state index contributed by atoms with van der Waals surface area (Å²) in [5, 5.41) is 16.1. The SMILES string of the molecule is CN(C)c1ccc(CNC(=O)[C@]2(Cc3ccccc3N=[N+]=[N-])N=C(c3ccc(OCCCO)cc3)O[C@@H]2c2ccccc2)cc1. The lowest BCUT2D eigenvalue weighted by molar-refractivity contribution is -0.129. The summed E-state index contributed by atoms with van der Waals surface area (Å²) in [7, 11) is 3.96. The standard InChI is InChI=1S/C35H36N6O4/c1-41(2)29-17-13-25(14-18-29)24-37-34(43)35(23-28-11-6-7-12-31(28)39-40-36)32(26-9-4-3-5-10-26)45-33(38-35)27-15-19-30(20-16-27)44-22-8-21-42/h3-7,9-20,32,42H,8,21-24H2,1-2H3,(H,37,43)/t32-,35-/m1/s1. The third kappa shape index (κ3) is 7.26. The molecule has 1 amide bonds. The first-order valence-corrected chi connectivity index (χ1v) is 14.8. The van der Waals surface area contributed by atoms with Crippen molar-refractivity contribution in [1.29, 1.82) is 0 Å². The molecule has 0 bridgehead atoms. The second kappa shape index (κ2) is 14.4. The normalized spacial score (nSPS) is 17.0. The second-order valence-corrected chi connectivity index (χ2v) is 10.9. The van der Waals surface area contributed by atoms with Gasteiger partial charge in [-0.15, -0.1) is 0 Å². The van der Waals surface area contributed by atoms with Crippen LogP contribution in [0.2, 0.25) is 0 Å². The van der Waals surface area contributed by atoms with E-state index in [1.165, 1.54) is 0 Å². The van der Waals surface area contributed by atoms with Crippen LogP contribution in [0.3, 0.4) is 0 Å². The maximum atomic E-state index is 14.5. The molecule has 1 heterocycles. The first-order valence-electron chi connectivity index (χ1n) is 14.8. The molecule has 45 heavy (non-hydrogen) atoms. The number of hydrogen-bond donors (Lipinski definition) is 2. The Balaban J connectivity index is 1.56. The Kier molecular flexibility index (Phi) is 9.99. The number of carbonyl (C=O) groups is 1. The monoisotopic (exact) mass is 604 g/mol. The molecular weight excluding hydrogens is 568 g/mol. The van der Waals surface area contributed by atoms with Crippen molar-refractivity contribution in [1.82, 2.24) is 5.32 Å². The molecule has 0 saturated carbocycles. The molecule has 2 N–H and O–H groups in total. The minimum Gasteiger partial charge on any atom is -0.494 e. The van der Waals surface area contributed by atoms with Crippen LogP contribution in [-0.4, -0.2) is 49.8 Å². The van der Waals surface area contributed by atoms with E-state index in [1.807, 2.05) is 110 Å². The summed E-state index contributed by atoms with van der Waals surface area (Å²) in [5.41, 5.74) is 12.4. The fourth-order valence-corrected chi connectivity index (χ4v) is 5.25. The van der Waals surface area contributed by atoms with Gasteiger partial charge in [-0.3, -0.25) is 4.79 Å². The molecule has 0 aromatic heterocycles. The zero-order valence-electron chi connectivity index (χ0n) is 25.3. The van der Waals surface area contributed by atoms with Gasteiger partial charge in [-0.2, -0.15) is 0 Å². The maximum absolute atomic E-state index is 14.5. The average molecular weight is 605 g/mol. The molecule has 0 radical (unpaired) electrons. The third-order valence-electron chi connectivity index (χ3n) is 7.64. The van der Waals surface area contributed by atoms with Crippen LogP contribution in [0, 0.1) is 0 Å². The molecule has 10 heteroatoms. The summed E-state index contributed by atoms with van der Waals surface area (Å²) in [6.07, 6.45) is -0.117. The number of hydrogen-bond acceptors (Lipinski definition) is 7. The molecule has 10 nitrogen and oxygen atoms in total. The Morgan fingerprint density at radius 3 is 2.42 bits per heavy atom. The smallest absolute Gasteiger partial charge is 0.252 e. The van der Waals surface area contributed by atoms with E-state index < -0.39 is 11.6 Å². The average Bonchev–Trinajstić information content (AvgIpc) is 3.46. The van der Waals surface area contributed by atoms with E-state index in [-0.39, 0.29) is 18.9 Å². The Labute approximate surface area is 262 Å². The van der Waals surface area contributed by atoms with E-state index in [0.717, 1.165) is 16.8 Å². The molecule has 2 atom stereocenters. The van der Waals surface area contributed by atoms with Crippen LogP contribution in [0.1, 0.15) is 34.8 Å². The van der Waals surface area contributed by atoms with Gasteiger partial charge in [0.05, 0.1) is 6.61 Å². The van der Waals surface area contributed by atoms with E-state index in [2.05, 4.69) is 15.3 Å². The lowest BCUT2D eigenvalue weighted by atomic mass is 9.81. The first-order chi connectivity index (χ1) is 21.9. The zero-order chi connectivity index (χ0) is 31.6. The topological polar surface area (TPSA) is 132 Å². The Morgan fingerprint density at radius 2 is 1.73 bits per heavy atom. The van der Waals surface area contributed by atoms with Gasteiger partial charge in [0.1, 0.15) is 5.75 Å². The highest BCUT2D eigenvalue weighted by molar-refractivity contribution is 6.01. The molecule has 5 rings (SSSR count). The zero-order valence-corrected chi connectivity index (χ0v) is 25.3. The maximum Gasteiger partial charge on any atom is 0.252 e. The summed E-state index contributed by atoms with van der Waals surface area (Å²) in [5.74, 6) is 0.651. The number of rotatable bonds is 13. The predicted molar refractivity (Wildman–Crippen MR) is 175 cm³/mol. The van der Waals surface area contributed by atoms with Crippen LogP contribution in [0.5, 0.6) is 5.75 Å². The van der Waals surface area contributed by atoms with Crippen molar-refractivity contribution in [2.45, 2.75) is 31.0 Å². The lowest BCUT2D eigenvalue weighted by Gasteiger charge is -2.31. The summed E-state index contributed by atoms with van der Waals surface area (Å²) in [6, 6.07) is 32.0. The van der Waals surface area contributed by atoms with E-state index in [1.54, 1.807) is 12.1 Å². The number of benzene rings is 4. The van der Waals surface area contributed by atoms with E-state index in [9.17, 15) is 10.3 Å². The van der Waals surface area contributed by atoms with Crippen molar-refractivity contribution in [3.63, 3.8) is 0 Å². The van der Waals surface area contributed by atoms with Crippen molar-refractivity contribution >= 4 is 23.2 Å². The van der Waals surface area contributed by atoms with Gasteiger partial charge >= 0.3 is 0 Å². The number of amides is 1. The van der Waals surface area contributed by atoms with Gasteiger partial charge in [0.15, 0.2) is 11.6 Å². The van der Waals surface area contributed by atoms with Gasteiger partial charge in [-0.1, -0.05) is 71.8 Å². The minimum absolute atomic E-state index is 0.0535. The summed E-state index contributed by atoms with van der Waals surface area (Å²) in [4.78, 5) is 24.6. The van der Waals surface area contributed by atoms with Gasteiger partial charge in [0, 0.05) is 61.9 Å². The third-order valence-corrected chi connectivity index (χ3v) is 7.64. The van der Waals surface area contributed by atoms with Gasteiger partial charge in [-0.25, -0.2) is 4.99 Å². The van der Waals surface area contributed by atoms with Crippen molar-refractivity contribution in [2.75, 3.05) is 32.2 Å².